The van der Waals surface area contributed by atoms with Crippen molar-refractivity contribution in [2.24, 2.45) is 4.99 Å². The molecule has 0 aliphatic carbocycles. The number of aryl methyl sites for hydroxylation is 1. The third kappa shape index (κ3) is 5.04. The Bertz CT molecular complexity index is 1140. The first-order chi connectivity index (χ1) is 14.8. The summed E-state index contributed by atoms with van der Waals surface area (Å²) in [7, 11) is -2.87. The predicted molar refractivity (Wildman–Crippen MR) is 136 cm³/mol. The molecular formula is C25H23F2NS3. The van der Waals surface area contributed by atoms with E-state index < -0.39 is 22.3 Å². The van der Waals surface area contributed by atoms with Crippen molar-refractivity contribution in [2.45, 2.75) is 31.6 Å². The van der Waals surface area contributed by atoms with Gasteiger partial charge in [-0.15, -0.1) is 18.2 Å². The fraction of sp³-hybridized carbons (Fsp3) is 0.280. The highest BCUT2D eigenvalue weighted by molar-refractivity contribution is 8.47. The van der Waals surface area contributed by atoms with E-state index in [0.717, 1.165) is 16.2 Å². The van der Waals surface area contributed by atoms with E-state index in [1.54, 1.807) is 6.07 Å². The Hall–Kier alpha value is -2.12. The Balaban J connectivity index is 1.93. The lowest BCUT2D eigenvalue weighted by atomic mass is 10.0. The summed E-state index contributed by atoms with van der Waals surface area (Å²) in [6.45, 7) is 3.71. The second-order valence-electron chi connectivity index (χ2n) is 7.17. The number of terminal acetylenes is 1. The van der Waals surface area contributed by atoms with Crippen molar-refractivity contribution < 1.29 is 8.28 Å². The monoisotopic (exact) mass is 471 g/mol. The number of hydrogen-bond acceptors (Lipinski definition) is 3. The van der Waals surface area contributed by atoms with Crippen molar-refractivity contribution in [1.29, 1.82) is 0 Å². The van der Waals surface area contributed by atoms with Crippen molar-refractivity contribution >= 4 is 43.6 Å². The fourth-order valence-electron chi connectivity index (χ4n) is 3.49. The van der Waals surface area contributed by atoms with Crippen molar-refractivity contribution in [3.05, 3.63) is 70.5 Å². The van der Waals surface area contributed by atoms with Crippen LogP contribution in [0.25, 0.3) is 0 Å². The molecule has 2 aromatic rings. The SMILES string of the molecule is C#CC(C#Cc1ccc(F)c(C(=S)S2(F)CCc3ccccc3C2C)c1)/N=C(/C)SC. The molecule has 0 spiro atoms. The summed E-state index contributed by atoms with van der Waals surface area (Å²) < 4.78 is 31.1. The van der Waals surface area contributed by atoms with Gasteiger partial charge in [-0.3, -0.25) is 4.99 Å². The number of rotatable bonds is 2. The first-order valence-electron chi connectivity index (χ1n) is 9.77. The molecule has 0 fully saturated rings. The minimum Gasteiger partial charge on any atom is -0.254 e. The Kier molecular flexibility index (Phi) is 7.59. The highest BCUT2D eigenvalue weighted by atomic mass is 32.3. The molecule has 3 rings (SSSR count). The predicted octanol–water partition coefficient (Wildman–Crippen LogP) is 6.64. The summed E-state index contributed by atoms with van der Waals surface area (Å²) in [4.78, 5) is 4.33. The molecule has 1 nitrogen and oxygen atoms in total. The summed E-state index contributed by atoms with van der Waals surface area (Å²) in [5.74, 6) is 8.15. The van der Waals surface area contributed by atoms with Crippen LogP contribution in [0.4, 0.5) is 8.28 Å². The smallest absolute Gasteiger partial charge is 0.171 e. The number of thioether (sulfide) groups is 1. The van der Waals surface area contributed by atoms with Gasteiger partial charge in [0.25, 0.3) is 0 Å². The highest BCUT2D eigenvalue weighted by Gasteiger charge is 2.41. The quantitative estimate of drug-likeness (QED) is 0.211. The summed E-state index contributed by atoms with van der Waals surface area (Å²) in [6.07, 6.45) is 8.03. The van der Waals surface area contributed by atoms with E-state index in [0.29, 0.717) is 17.7 Å². The molecule has 0 radical (unpaired) electrons. The van der Waals surface area contributed by atoms with Gasteiger partial charge in [0, 0.05) is 22.1 Å². The van der Waals surface area contributed by atoms with Gasteiger partial charge in [0.15, 0.2) is 6.04 Å². The molecule has 0 bridgehead atoms. The second kappa shape index (κ2) is 10.0. The maximum Gasteiger partial charge on any atom is 0.171 e. The van der Waals surface area contributed by atoms with Crippen LogP contribution in [-0.2, 0) is 6.42 Å². The molecule has 1 aliphatic heterocycles. The molecule has 1 heterocycles. The Morgan fingerprint density at radius 1 is 1.32 bits per heavy atom. The largest absolute Gasteiger partial charge is 0.254 e. The number of benzene rings is 2. The maximum atomic E-state index is 16.3. The third-order valence-corrected chi connectivity index (χ3v) is 10.1. The molecule has 31 heavy (non-hydrogen) atoms. The van der Waals surface area contributed by atoms with Gasteiger partial charge in [-0.2, -0.15) is 3.89 Å². The molecule has 2 aromatic carbocycles. The number of nitrogens with zero attached hydrogens (tertiary/aromatic N) is 1. The van der Waals surface area contributed by atoms with Crippen molar-refractivity contribution in [3.63, 3.8) is 0 Å². The number of hydrogen-bond donors (Lipinski definition) is 0. The van der Waals surface area contributed by atoms with Crippen LogP contribution in [-0.4, -0.2) is 27.3 Å². The van der Waals surface area contributed by atoms with Crippen molar-refractivity contribution in [1.82, 2.24) is 0 Å². The second-order valence-corrected chi connectivity index (χ2v) is 11.8. The summed E-state index contributed by atoms with van der Waals surface area (Å²) >= 11 is 7.05. The van der Waals surface area contributed by atoms with Crippen LogP contribution >= 0.6 is 34.4 Å². The molecule has 160 valence electrons. The van der Waals surface area contributed by atoms with Gasteiger partial charge < -0.3 is 0 Å². The van der Waals surface area contributed by atoms with Gasteiger partial charge in [-0.05, 0) is 66.3 Å². The van der Waals surface area contributed by atoms with E-state index in [1.165, 1.54) is 23.9 Å². The zero-order valence-corrected chi connectivity index (χ0v) is 20.1. The minimum absolute atomic E-state index is 0.0698. The summed E-state index contributed by atoms with van der Waals surface area (Å²) in [5, 5.41) is 0.446. The Labute approximate surface area is 194 Å². The number of fused-ring (bicyclic) bond motifs is 1. The first kappa shape index (κ1) is 23.5. The van der Waals surface area contributed by atoms with Crippen LogP contribution < -0.4 is 0 Å². The molecule has 0 amide bonds. The van der Waals surface area contributed by atoms with Gasteiger partial charge >= 0.3 is 0 Å². The van der Waals surface area contributed by atoms with Crippen LogP contribution in [0.5, 0.6) is 0 Å². The Morgan fingerprint density at radius 3 is 2.77 bits per heavy atom. The molecule has 3 unspecified atom stereocenters. The van der Waals surface area contributed by atoms with Crippen LogP contribution in [0, 0.1) is 30.0 Å². The van der Waals surface area contributed by atoms with E-state index in [-0.39, 0.29) is 15.0 Å². The first-order valence-corrected chi connectivity index (χ1v) is 13.2. The summed E-state index contributed by atoms with van der Waals surface area (Å²) in [5.41, 5.74) is 2.75. The zero-order chi connectivity index (χ0) is 22.6. The van der Waals surface area contributed by atoms with E-state index >= 15 is 3.89 Å². The third-order valence-electron chi connectivity index (χ3n) is 5.33. The van der Waals surface area contributed by atoms with Crippen LogP contribution in [0.15, 0.2) is 47.5 Å². The minimum atomic E-state index is -2.87. The molecule has 3 atom stereocenters. The number of thiocarbonyl (C=S) groups is 1. The Morgan fingerprint density at radius 2 is 2.06 bits per heavy atom. The number of halogens is 2. The number of aliphatic imine (C=N–C) groups is 1. The van der Waals surface area contributed by atoms with Crippen LogP contribution in [0.3, 0.4) is 0 Å². The molecule has 0 saturated carbocycles. The standard InChI is InChI=1S/C25H23F2NS3/c1-5-21(28-18(3)30-4)12-10-19-11-13-24(26)23(16-19)25(29)31(27)15-14-20-8-6-7-9-22(20)17(31)2/h1,6-9,11,13,16-17,21H,14-15H2,2-4H3/b28-18-. The van der Waals surface area contributed by atoms with Crippen LogP contribution in [0.1, 0.15) is 41.4 Å². The summed E-state index contributed by atoms with van der Waals surface area (Å²) in [6, 6.07) is 11.6. The molecule has 1 aliphatic rings. The molecule has 6 heteroatoms. The normalized spacial score (nSPS) is 23.4. The van der Waals surface area contributed by atoms with Crippen LogP contribution in [0.2, 0.25) is 0 Å². The molecular weight excluding hydrogens is 448 g/mol. The van der Waals surface area contributed by atoms with Gasteiger partial charge in [-0.25, -0.2) is 4.39 Å². The topological polar surface area (TPSA) is 12.4 Å². The van der Waals surface area contributed by atoms with Gasteiger partial charge in [0.05, 0.1) is 9.24 Å². The van der Waals surface area contributed by atoms with E-state index in [1.807, 2.05) is 44.4 Å². The lowest BCUT2D eigenvalue weighted by Crippen LogP contribution is -2.24. The average Bonchev–Trinajstić information content (AvgIpc) is 2.79. The molecule has 0 N–H and O–H groups in total. The fourth-order valence-corrected chi connectivity index (χ4v) is 7.07. The van der Waals surface area contributed by atoms with Gasteiger partial charge in [0.2, 0.25) is 0 Å². The lowest BCUT2D eigenvalue weighted by Gasteiger charge is -2.42. The zero-order valence-electron chi connectivity index (χ0n) is 17.6. The van der Waals surface area contributed by atoms with Gasteiger partial charge in [0.1, 0.15) is 5.82 Å². The van der Waals surface area contributed by atoms with Crippen molar-refractivity contribution in [2.75, 3.05) is 12.0 Å². The van der Waals surface area contributed by atoms with Crippen molar-refractivity contribution in [3.8, 4) is 24.2 Å². The lowest BCUT2D eigenvalue weighted by molar-refractivity contribution is 0.625. The van der Waals surface area contributed by atoms with E-state index in [2.05, 4.69) is 22.8 Å². The van der Waals surface area contributed by atoms with Gasteiger partial charge in [-0.1, -0.05) is 54.2 Å². The van der Waals surface area contributed by atoms with E-state index in [9.17, 15) is 4.39 Å². The van der Waals surface area contributed by atoms with E-state index in [4.69, 9.17) is 18.6 Å². The maximum absolute atomic E-state index is 16.3. The highest BCUT2D eigenvalue weighted by Crippen LogP contribution is 2.66. The average molecular weight is 472 g/mol. The molecule has 0 aromatic heterocycles. The molecule has 0 saturated heterocycles.